The van der Waals surface area contributed by atoms with Gasteiger partial charge in [-0.2, -0.15) is 13.2 Å². The van der Waals surface area contributed by atoms with Gasteiger partial charge in [-0.3, -0.25) is 4.90 Å². The maximum Gasteiger partial charge on any atom is 0.415 e. The number of aliphatic hydroxyl groups excluding tert-OH is 2. The van der Waals surface area contributed by atoms with Crippen LogP contribution in [0.3, 0.4) is 0 Å². The van der Waals surface area contributed by atoms with Crippen LogP contribution in [0.5, 0.6) is 0 Å². The van der Waals surface area contributed by atoms with Crippen molar-refractivity contribution in [2.24, 2.45) is 0 Å². The highest BCUT2D eigenvalue weighted by molar-refractivity contribution is 4.77. The average molecular weight is 213 g/mol. The fraction of sp³-hybridized carbons (Fsp3) is 0.750. The van der Waals surface area contributed by atoms with E-state index in [4.69, 9.17) is 10.2 Å². The second kappa shape index (κ2) is 6.00. The van der Waals surface area contributed by atoms with E-state index >= 15 is 0 Å². The van der Waals surface area contributed by atoms with Crippen molar-refractivity contribution in [2.45, 2.75) is 12.3 Å². The van der Waals surface area contributed by atoms with E-state index in [2.05, 4.69) is 6.58 Å². The first-order valence-electron chi connectivity index (χ1n) is 4.10. The van der Waals surface area contributed by atoms with E-state index in [-0.39, 0.29) is 19.7 Å². The summed E-state index contributed by atoms with van der Waals surface area (Å²) in [5.41, 5.74) is 0. The van der Waals surface area contributed by atoms with Crippen molar-refractivity contribution in [2.75, 3.05) is 26.2 Å². The minimum atomic E-state index is -4.62. The van der Waals surface area contributed by atoms with Crippen LogP contribution in [0, 0.1) is 0 Å². The standard InChI is InChI=1S/C8H14F3NO2/c1-2-3-12(4-5-13)6-7(14)8(9,10)11/h2,7,13-14H,1,3-6H2. The molecule has 0 aliphatic carbocycles. The van der Waals surface area contributed by atoms with Gasteiger partial charge in [-0.1, -0.05) is 6.08 Å². The zero-order chi connectivity index (χ0) is 11.2. The summed E-state index contributed by atoms with van der Waals surface area (Å²) in [4.78, 5) is 1.27. The molecule has 0 aliphatic heterocycles. The molecule has 0 heterocycles. The van der Waals surface area contributed by atoms with Gasteiger partial charge in [0, 0.05) is 19.6 Å². The largest absolute Gasteiger partial charge is 0.415 e. The average Bonchev–Trinajstić information content (AvgIpc) is 2.03. The van der Waals surface area contributed by atoms with Gasteiger partial charge in [0.2, 0.25) is 0 Å². The molecule has 0 aliphatic rings. The highest BCUT2D eigenvalue weighted by Crippen LogP contribution is 2.20. The molecule has 0 rings (SSSR count). The summed E-state index contributed by atoms with van der Waals surface area (Å²) in [6.07, 6.45) is -5.58. The van der Waals surface area contributed by atoms with Gasteiger partial charge in [-0.15, -0.1) is 6.58 Å². The molecule has 0 bridgehead atoms. The molecule has 0 saturated heterocycles. The highest BCUT2D eigenvalue weighted by atomic mass is 19.4. The van der Waals surface area contributed by atoms with E-state index in [0.717, 1.165) is 0 Å². The molecule has 0 aromatic heterocycles. The maximum absolute atomic E-state index is 11.9. The van der Waals surface area contributed by atoms with Gasteiger partial charge in [0.1, 0.15) is 0 Å². The van der Waals surface area contributed by atoms with Crippen molar-refractivity contribution in [1.29, 1.82) is 0 Å². The molecule has 0 saturated carbocycles. The Kier molecular flexibility index (Phi) is 5.75. The minimum Gasteiger partial charge on any atom is -0.395 e. The Labute approximate surface area is 80.4 Å². The van der Waals surface area contributed by atoms with Crippen LogP contribution in [0.4, 0.5) is 13.2 Å². The summed E-state index contributed by atoms with van der Waals surface area (Å²) in [5.74, 6) is 0. The first-order chi connectivity index (χ1) is 6.41. The van der Waals surface area contributed by atoms with E-state index in [9.17, 15) is 13.2 Å². The smallest absolute Gasteiger partial charge is 0.395 e. The Morgan fingerprint density at radius 1 is 1.43 bits per heavy atom. The van der Waals surface area contributed by atoms with Gasteiger partial charge < -0.3 is 10.2 Å². The molecule has 84 valence electrons. The molecular formula is C8H14F3NO2. The Morgan fingerprint density at radius 3 is 2.36 bits per heavy atom. The molecule has 1 unspecified atom stereocenters. The van der Waals surface area contributed by atoms with Crippen molar-refractivity contribution in [3.05, 3.63) is 12.7 Å². The molecule has 3 nitrogen and oxygen atoms in total. The van der Waals surface area contributed by atoms with Crippen LogP contribution in [0.15, 0.2) is 12.7 Å². The molecule has 0 radical (unpaired) electrons. The maximum atomic E-state index is 11.9. The van der Waals surface area contributed by atoms with E-state index in [1.54, 1.807) is 0 Å². The Hall–Kier alpha value is -0.590. The molecule has 0 aromatic rings. The van der Waals surface area contributed by atoms with Crippen molar-refractivity contribution < 1.29 is 23.4 Å². The number of hydrogen-bond donors (Lipinski definition) is 2. The highest BCUT2D eigenvalue weighted by Gasteiger charge is 2.38. The molecule has 0 spiro atoms. The van der Waals surface area contributed by atoms with E-state index < -0.39 is 18.8 Å². The van der Waals surface area contributed by atoms with Crippen molar-refractivity contribution in [1.82, 2.24) is 4.90 Å². The minimum absolute atomic E-state index is 0.0825. The van der Waals surface area contributed by atoms with Gasteiger partial charge in [0.05, 0.1) is 6.61 Å². The summed E-state index contributed by atoms with van der Waals surface area (Å²) in [5, 5.41) is 17.3. The number of alkyl halides is 3. The number of aliphatic hydroxyl groups is 2. The molecule has 2 N–H and O–H groups in total. The van der Waals surface area contributed by atoms with Gasteiger partial charge in [0.15, 0.2) is 6.10 Å². The number of hydrogen-bond acceptors (Lipinski definition) is 3. The predicted octanol–water partition coefficient (Wildman–Crippen LogP) is 0.390. The Balaban J connectivity index is 4.07. The lowest BCUT2D eigenvalue weighted by Gasteiger charge is -2.24. The first-order valence-corrected chi connectivity index (χ1v) is 4.10. The quantitative estimate of drug-likeness (QED) is 0.627. The third-order valence-electron chi connectivity index (χ3n) is 1.61. The summed E-state index contributed by atoms with van der Waals surface area (Å²) in [6, 6.07) is 0. The zero-order valence-corrected chi connectivity index (χ0v) is 7.67. The lowest BCUT2D eigenvalue weighted by Crippen LogP contribution is -2.42. The molecule has 0 amide bonds. The predicted molar refractivity (Wildman–Crippen MR) is 45.8 cm³/mol. The van der Waals surface area contributed by atoms with Crippen LogP contribution in [0.1, 0.15) is 0 Å². The molecular weight excluding hydrogens is 199 g/mol. The van der Waals surface area contributed by atoms with Gasteiger partial charge in [-0.05, 0) is 0 Å². The van der Waals surface area contributed by atoms with Crippen molar-refractivity contribution >= 4 is 0 Å². The van der Waals surface area contributed by atoms with Crippen molar-refractivity contribution in [3.8, 4) is 0 Å². The van der Waals surface area contributed by atoms with Crippen LogP contribution >= 0.6 is 0 Å². The van der Waals surface area contributed by atoms with Crippen LogP contribution < -0.4 is 0 Å². The number of halogens is 3. The second-order valence-corrected chi connectivity index (χ2v) is 2.83. The summed E-state index contributed by atoms with van der Waals surface area (Å²) < 4.78 is 35.8. The summed E-state index contributed by atoms with van der Waals surface area (Å²) >= 11 is 0. The molecule has 1 atom stereocenters. The fourth-order valence-corrected chi connectivity index (χ4v) is 0.929. The van der Waals surface area contributed by atoms with Crippen LogP contribution in [-0.2, 0) is 0 Å². The Morgan fingerprint density at radius 2 is 2.00 bits per heavy atom. The van der Waals surface area contributed by atoms with Gasteiger partial charge in [-0.25, -0.2) is 0 Å². The number of nitrogens with zero attached hydrogens (tertiary/aromatic N) is 1. The molecule has 6 heteroatoms. The number of rotatable bonds is 6. The molecule has 14 heavy (non-hydrogen) atoms. The SMILES string of the molecule is C=CCN(CCO)CC(O)C(F)(F)F. The van der Waals surface area contributed by atoms with E-state index in [1.807, 2.05) is 0 Å². The van der Waals surface area contributed by atoms with E-state index in [0.29, 0.717) is 0 Å². The van der Waals surface area contributed by atoms with Crippen LogP contribution in [0.2, 0.25) is 0 Å². The normalized spacial score (nSPS) is 14.4. The fourth-order valence-electron chi connectivity index (χ4n) is 0.929. The van der Waals surface area contributed by atoms with Crippen molar-refractivity contribution in [3.63, 3.8) is 0 Å². The first kappa shape index (κ1) is 13.4. The second-order valence-electron chi connectivity index (χ2n) is 2.83. The summed E-state index contributed by atoms with van der Waals surface area (Å²) in [6.45, 7) is 2.85. The van der Waals surface area contributed by atoms with Gasteiger partial charge >= 0.3 is 6.18 Å². The lowest BCUT2D eigenvalue weighted by atomic mass is 10.3. The summed E-state index contributed by atoms with van der Waals surface area (Å²) in [7, 11) is 0. The molecule has 0 aromatic carbocycles. The third-order valence-corrected chi connectivity index (χ3v) is 1.61. The zero-order valence-electron chi connectivity index (χ0n) is 7.67. The van der Waals surface area contributed by atoms with Crippen LogP contribution in [0.25, 0.3) is 0 Å². The van der Waals surface area contributed by atoms with Gasteiger partial charge in [0.25, 0.3) is 0 Å². The third kappa shape index (κ3) is 5.21. The molecule has 0 fully saturated rings. The van der Waals surface area contributed by atoms with Crippen LogP contribution in [-0.4, -0.2) is 53.6 Å². The van der Waals surface area contributed by atoms with E-state index in [1.165, 1.54) is 11.0 Å². The lowest BCUT2D eigenvalue weighted by molar-refractivity contribution is -0.208. The Bertz CT molecular complexity index is 172. The topological polar surface area (TPSA) is 43.7 Å². The monoisotopic (exact) mass is 213 g/mol.